The van der Waals surface area contributed by atoms with E-state index in [0.29, 0.717) is 5.02 Å². The summed E-state index contributed by atoms with van der Waals surface area (Å²) in [4.78, 5) is 0. The molecular weight excluding hydrogens is 334 g/mol. The zero-order valence-corrected chi connectivity index (χ0v) is 14.6. The van der Waals surface area contributed by atoms with Gasteiger partial charge in [0.2, 0.25) is 0 Å². The second-order valence-electron chi connectivity index (χ2n) is 5.88. The van der Waals surface area contributed by atoms with Gasteiger partial charge in [-0.15, -0.1) is 0 Å². The quantitative estimate of drug-likeness (QED) is 0.696. The van der Waals surface area contributed by atoms with Gasteiger partial charge in [0, 0.05) is 5.02 Å². The van der Waals surface area contributed by atoms with Crippen molar-refractivity contribution in [2.24, 2.45) is 5.73 Å². The van der Waals surface area contributed by atoms with Crippen LogP contribution in [-0.4, -0.2) is 12.2 Å². The number of benzene rings is 3. The number of rotatable bonds is 5. The van der Waals surface area contributed by atoms with Crippen LogP contribution in [-0.2, 0) is 0 Å². The maximum atomic E-state index is 10.6. The van der Waals surface area contributed by atoms with Crippen LogP contribution in [0.25, 0.3) is 11.1 Å². The molecule has 4 heteroatoms. The summed E-state index contributed by atoms with van der Waals surface area (Å²) in [7, 11) is 1.65. The first-order valence-corrected chi connectivity index (χ1v) is 8.40. The van der Waals surface area contributed by atoms with Gasteiger partial charge in [0.05, 0.1) is 19.3 Å². The Bertz CT molecular complexity index is 831. The van der Waals surface area contributed by atoms with E-state index in [9.17, 15) is 5.11 Å². The summed E-state index contributed by atoms with van der Waals surface area (Å²) in [5.41, 5.74) is 9.92. The maximum Gasteiger partial charge on any atom is 0.119 e. The summed E-state index contributed by atoms with van der Waals surface area (Å²) < 4.78 is 5.26. The van der Waals surface area contributed by atoms with E-state index in [4.69, 9.17) is 22.1 Å². The second kappa shape index (κ2) is 7.70. The molecule has 0 heterocycles. The van der Waals surface area contributed by atoms with Crippen LogP contribution in [0.3, 0.4) is 0 Å². The van der Waals surface area contributed by atoms with Crippen molar-refractivity contribution in [3.63, 3.8) is 0 Å². The smallest absolute Gasteiger partial charge is 0.119 e. The van der Waals surface area contributed by atoms with Crippen LogP contribution in [0.5, 0.6) is 5.75 Å². The van der Waals surface area contributed by atoms with Crippen molar-refractivity contribution in [3.8, 4) is 16.9 Å². The molecule has 128 valence electrons. The van der Waals surface area contributed by atoms with E-state index in [1.165, 1.54) is 0 Å². The van der Waals surface area contributed by atoms with Gasteiger partial charge in [-0.2, -0.15) is 0 Å². The van der Waals surface area contributed by atoms with Crippen molar-refractivity contribution in [3.05, 3.63) is 88.9 Å². The predicted molar refractivity (Wildman–Crippen MR) is 102 cm³/mol. The Morgan fingerprint density at radius 2 is 1.52 bits per heavy atom. The van der Waals surface area contributed by atoms with E-state index < -0.39 is 12.1 Å². The minimum atomic E-state index is -0.791. The van der Waals surface area contributed by atoms with E-state index in [1.54, 1.807) is 19.2 Å². The molecule has 2 unspecified atom stereocenters. The highest BCUT2D eigenvalue weighted by Crippen LogP contribution is 2.30. The Hall–Kier alpha value is -2.33. The molecule has 0 amide bonds. The van der Waals surface area contributed by atoms with Crippen LogP contribution in [0.2, 0.25) is 5.02 Å². The van der Waals surface area contributed by atoms with Crippen LogP contribution in [0.4, 0.5) is 0 Å². The average Bonchev–Trinajstić information content (AvgIpc) is 2.67. The van der Waals surface area contributed by atoms with Crippen molar-refractivity contribution in [2.45, 2.75) is 12.1 Å². The SMILES string of the molecule is COc1cccc(-c2ccc(C(O)C(N)c3ccc(Cl)cc3)cc2)c1. The Morgan fingerprint density at radius 3 is 2.16 bits per heavy atom. The summed E-state index contributed by atoms with van der Waals surface area (Å²) >= 11 is 5.90. The number of nitrogens with two attached hydrogens (primary N) is 1. The average molecular weight is 354 g/mol. The summed E-state index contributed by atoms with van der Waals surface area (Å²) in [6.45, 7) is 0. The number of halogens is 1. The van der Waals surface area contributed by atoms with Crippen molar-refractivity contribution >= 4 is 11.6 Å². The second-order valence-corrected chi connectivity index (χ2v) is 6.31. The lowest BCUT2D eigenvalue weighted by atomic mass is 9.95. The van der Waals surface area contributed by atoms with E-state index in [2.05, 4.69) is 0 Å². The van der Waals surface area contributed by atoms with Gasteiger partial charge in [-0.25, -0.2) is 0 Å². The van der Waals surface area contributed by atoms with Crippen LogP contribution >= 0.6 is 11.6 Å². The highest BCUT2D eigenvalue weighted by molar-refractivity contribution is 6.30. The molecule has 3 rings (SSSR count). The number of aliphatic hydroxyl groups is 1. The highest BCUT2D eigenvalue weighted by atomic mass is 35.5. The minimum absolute atomic E-state index is 0.514. The molecule has 0 aromatic heterocycles. The number of hydrogen-bond donors (Lipinski definition) is 2. The molecule has 0 fully saturated rings. The topological polar surface area (TPSA) is 55.5 Å². The minimum Gasteiger partial charge on any atom is -0.497 e. The number of ether oxygens (including phenoxy) is 1. The lowest BCUT2D eigenvalue weighted by molar-refractivity contribution is 0.147. The van der Waals surface area contributed by atoms with Gasteiger partial charge in [0.25, 0.3) is 0 Å². The molecular formula is C21H20ClNO2. The van der Waals surface area contributed by atoms with Crippen LogP contribution in [0, 0.1) is 0 Å². The lowest BCUT2D eigenvalue weighted by Crippen LogP contribution is -2.19. The van der Waals surface area contributed by atoms with Gasteiger partial charge in [-0.1, -0.05) is 60.1 Å². The molecule has 0 saturated carbocycles. The first kappa shape index (κ1) is 17.5. The molecule has 3 nitrogen and oxygen atoms in total. The Morgan fingerprint density at radius 1 is 0.880 bits per heavy atom. The number of hydrogen-bond acceptors (Lipinski definition) is 3. The third-order valence-corrected chi connectivity index (χ3v) is 4.50. The monoisotopic (exact) mass is 353 g/mol. The predicted octanol–water partition coefficient (Wildman–Crippen LogP) is 4.75. The molecule has 0 aliphatic rings. The molecule has 3 aromatic carbocycles. The first-order chi connectivity index (χ1) is 12.1. The molecule has 0 saturated heterocycles. The lowest BCUT2D eigenvalue weighted by Gasteiger charge is -2.20. The molecule has 25 heavy (non-hydrogen) atoms. The van der Waals surface area contributed by atoms with Gasteiger partial charge < -0.3 is 15.6 Å². The van der Waals surface area contributed by atoms with Gasteiger partial charge in [0.15, 0.2) is 0 Å². The molecule has 0 aliphatic carbocycles. The standard InChI is InChI=1S/C21H20ClNO2/c1-25-19-4-2-3-17(13-19)14-5-7-16(8-6-14)21(24)20(23)15-9-11-18(22)12-10-15/h2-13,20-21,24H,23H2,1H3. The number of methoxy groups -OCH3 is 1. The van der Waals surface area contributed by atoms with E-state index in [-0.39, 0.29) is 0 Å². The summed E-state index contributed by atoms with van der Waals surface area (Å²) in [6.07, 6.45) is -0.791. The van der Waals surface area contributed by atoms with Crippen LogP contribution in [0.1, 0.15) is 23.3 Å². The molecule has 0 bridgehead atoms. The largest absolute Gasteiger partial charge is 0.497 e. The summed E-state index contributed by atoms with van der Waals surface area (Å²) in [5.74, 6) is 0.811. The fourth-order valence-corrected chi connectivity index (χ4v) is 2.88. The zero-order valence-electron chi connectivity index (χ0n) is 13.9. The van der Waals surface area contributed by atoms with Crippen molar-refractivity contribution in [1.29, 1.82) is 0 Å². The Labute approximate surface area is 152 Å². The van der Waals surface area contributed by atoms with Crippen LogP contribution < -0.4 is 10.5 Å². The summed E-state index contributed by atoms with van der Waals surface area (Å²) in [5, 5.41) is 11.2. The highest BCUT2D eigenvalue weighted by Gasteiger charge is 2.18. The Kier molecular flexibility index (Phi) is 5.39. The van der Waals surface area contributed by atoms with Crippen molar-refractivity contribution in [2.75, 3.05) is 7.11 Å². The van der Waals surface area contributed by atoms with Crippen molar-refractivity contribution in [1.82, 2.24) is 0 Å². The Balaban J connectivity index is 1.80. The molecule has 2 atom stereocenters. The van der Waals surface area contributed by atoms with E-state index >= 15 is 0 Å². The zero-order chi connectivity index (χ0) is 17.8. The van der Waals surface area contributed by atoms with Gasteiger partial charge in [-0.05, 0) is 46.5 Å². The fraction of sp³-hybridized carbons (Fsp3) is 0.143. The van der Waals surface area contributed by atoms with Gasteiger partial charge >= 0.3 is 0 Å². The third kappa shape index (κ3) is 4.02. The molecule has 0 spiro atoms. The molecule has 0 aliphatic heterocycles. The van der Waals surface area contributed by atoms with Crippen molar-refractivity contribution < 1.29 is 9.84 Å². The van der Waals surface area contributed by atoms with Gasteiger partial charge in [-0.3, -0.25) is 0 Å². The third-order valence-electron chi connectivity index (χ3n) is 4.25. The first-order valence-electron chi connectivity index (χ1n) is 8.02. The van der Waals surface area contributed by atoms with E-state index in [0.717, 1.165) is 28.0 Å². The number of aliphatic hydroxyl groups excluding tert-OH is 1. The summed E-state index contributed by atoms with van der Waals surface area (Å²) in [6, 6.07) is 22.3. The van der Waals surface area contributed by atoms with E-state index in [1.807, 2.05) is 60.7 Å². The van der Waals surface area contributed by atoms with Gasteiger partial charge in [0.1, 0.15) is 5.75 Å². The molecule has 3 N–H and O–H groups in total. The molecule has 3 aromatic rings. The molecule has 0 radical (unpaired) electrons. The van der Waals surface area contributed by atoms with Crippen LogP contribution in [0.15, 0.2) is 72.8 Å². The fourth-order valence-electron chi connectivity index (χ4n) is 2.75. The normalized spacial score (nSPS) is 13.3. The maximum absolute atomic E-state index is 10.6.